The highest BCUT2D eigenvalue weighted by Gasteiger charge is 2.16. The molecule has 1 atom stereocenters. The molecule has 1 unspecified atom stereocenters. The fourth-order valence-electron chi connectivity index (χ4n) is 3.14. The lowest BCUT2D eigenvalue weighted by Gasteiger charge is -2.34. The molecule has 1 saturated heterocycles. The fraction of sp³-hybridized carbons (Fsp3) is 0.632. The molecule has 2 rings (SSSR count). The molecule has 5 nitrogen and oxygen atoms in total. The third kappa shape index (κ3) is 7.70. The molecule has 0 aromatic heterocycles. The summed E-state index contributed by atoms with van der Waals surface area (Å²) in [7, 11) is 6.14. The standard InChI is InChI=1S/C19H32BrN5.HI/c1-16(14-25-11-9-23(3)10-12-25)13-22-19(21-2)24(4)15-17-7-5-6-8-18(17)20;/h5-8,16H,9-15H2,1-4H3,(H,21,22);1H. The van der Waals surface area contributed by atoms with E-state index in [1.165, 1.54) is 31.7 Å². The van der Waals surface area contributed by atoms with Gasteiger partial charge in [-0.1, -0.05) is 41.1 Å². The Morgan fingerprint density at radius 3 is 2.54 bits per heavy atom. The summed E-state index contributed by atoms with van der Waals surface area (Å²) in [5.41, 5.74) is 1.26. The Morgan fingerprint density at radius 1 is 1.27 bits per heavy atom. The van der Waals surface area contributed by atoms with Crippen LogP contribution in [0.2, 0.25) is 0 Å². The average Bonchev–Trinajstić information content (AvgIpc) is 2.59. The quantitative estimate of drug-likeness (QED) is 0.344. The van der Waals surface area contributed by atoms with Gasteiger partial charge in [0.25, 0.3) is 0 Å². The van der Waals surface area contributed by atoms with Crippen molar-refractivity contribution in [2.24, 2.45) is 10.9 Å². The van der Waals surface area contributed by atoms with Crippen molar-refractivity contribution in [3.8, 4) is 0 Å². The van der Waals surface area contributed by atoms with Gasteiger partial charge in [-0.2, -0.15) is 0 Å². The summed E-state index contributed by atoms with van der Waals surface area (Å²) in [4.78, 5) is 11.6. The van der Waals surface area contributed by atoms with Crippen molar-refractivity contribution >= 4 is 45.9 Å². The Bertz CT molecular complexity index is 561. The third-order valence-electron chi connectivity index (χ3n) is 4.71. The zero-order chi connectivity index (χ0) is 18.2. The van der Waals surface area contributed by atoms with E-state index in [4.69, 9.17) is 0 Å². The predicted octanol–water partition coefficient (Wildman–Crippen LogP) is 2.96. The number of guanidine groups is 1. The lowest BCUT2D eigenvalue weighted by Crippen LogP contribution is -2.47. The second-order valence-electron chi connectivity index (χ2n) is 7.08. The SMILES string of the molecule is CN=C(NCC(C)CN1CCN(C)CC1)N(C)Cc1ccccc1Br.I. The number of rotatable bonds is 6. The number of hydrogen-bond acceptors (Lipinski definition) is 3. The van der Waals surface area contributed by atoms with Crippen molar-refractivity contribution < 1.29 is 0 Å². The minimum absolute atomic E-state index is 0. The van der Waals surface area contributed by atoms with Gasteiger partial charge < -0.3 is 20.0 Å². The summed E-state index contributed by atoms with van der Waals surface area (Å²) in [6.07, 6.45) is 0. The van der Waals surface area contributed by atoms with E-state index in [1.54, 1.807) is 0 Å². The highest BCUT2D eigenvalue weighted by molar-refractivity contribution is 14.0. The number of nitrogens with one attached hydrogen (secondary N) is 1. The van der Waals surface area contributed by atoms with Gasteiger partial charge in [0.15, 0.2) is 5.96 Å². The van der Waals surface area contributed by atoms with Crippen LogP contribution in [0.25, 0.3) is 0 Å². The van der Waals surface area contributed by atoms with Crippen LogP contribution in [0.4, 0.5) is 0 Å². The van der Waals surface area contributed by atoms with Crippen LogP contribution in [-0.2, 0) is 6.54 Å². The average molecular weight is 538 g/mol. The van der Waals surface area contributed by atoms with Crippen molar-refractivity contribution in [3.05, 3.63) is 34.3 Å². The zero-order valence-electron chi connectivity index (χ0n) is 16.4. The molecule has 1 fully saturated rings. The predicted molar refractivity (Wildman–Crippen MR) is 125 cm³/mol. The molecule has 148 valence electrons. The fourth-order valence-corrected chi connectivity index (χ4v) is 3.55. The van der Waals surface area contributed by atoms with Gasteiger partial charge in [0, 0.05) is 64.4 Å². The maximum Gasteiger partial charge on any atom is 0.193 e. The van der Waals surface area contributed by atoms with Gasteiger partial charge in [0.2, 0.25) is 0 Å². The van der Waals surface area contributed by atoms with Crippen molar-refractivity contribution in [3.63, 3.8) is 0 Å². The summed E-state index contributed by atoms with van der Waals surface area (Å²) >= 11 is 3.62. The highest BCUT2D eigenvalue weighted by Crippen LogP contribution is 2.17. The van der Waals surface area contributed by atoms with Crippen molar-refractivity contribution in [1.29, 1.82) is 0 Å². The molecular formula is C19H33BrIN5. The van der Waals surface area contributed by atoms with E-state index in [0.717, 1.165) is 30.1 Å². The maximum atomic E-state index is 4.44. The molecular weight excluding hydrogens is 505 g/mol. The largest absolute Gasteiger partial charge is 0.356 e. The third-order valence-corrected chi connectivity index (χ3v) is 5.49. The van der Waals surface area contributed by atoms with Crippen molar-refractivity contribution in [2.45, 2.75) is 13.5 Å². The summed E-state index contributed by atoms with van der Waals surface area (Å²) in [5, 5.41) is 3.53. The molecule has 1 N–H and O–H groups in total. The molecule has 0 radical (unpaired) electrons. The topological polar surface area (TPSA) is 34.1 Å². The maximum absolute atomic E-state index is 4.44. The molecule has 0 spiro atoms. The van der Waals surface area contributed by atoms with Crippen LogP contribution in [0.15, 0.2) is 33.7 Å². The molecule has 1 aliphatic rings. The normalized spacial score (nSPS) is 17.5. The van der Waals surface area contributed by atoms with Gasteiger partial charge >= 0.3 is 0 Å². The van der Waals surface area contributed by atoms with Crippen molar-refractivity contribution in [1.82, 2.24) is 20.0 Å². The van der Waals surface area contributed by atoms with E-state index in [2.05, 4.69) is 80.2 Å². The van der Waals surface area contributed by atoms with E-state index in [-0.39, 0.29) is 24.0 Å². The van der Waals surface area contributed by atoms with Gasteiger partial charge in [-0.15, -0.1) is 24.0 Å². The summed E-state index contributed by atoms with van der Waals surface area (Å²) < 4.78 is 1.14. The first kappa shape index (κ1) is 23.7. The van der Waals surface area contributed by atoms with Crippen LogP contribution in [0.5, 0.6) is 0 Å². The second kappa shape index (κ2) is 12.2. The minimum Gasteiger partial charge on any atom is -0.356 e. The number of piperazine rings is 1. The Morgan fingerprint density at radius 2 is 1.92 bits per heavy atom. The van der Waals surface area contributed by atoms with Crippen LogP contribution in [0.3, 0.4) is 0 Å². The van der Waals surface area contributed by atoms with Crippen LogP contribution < -0.4 is 5.32 Å². The van der Waals surface area contributed by atoms with E-state index < -0.39 is 0 Å². The lowest BCUT2D eigenvalue weighted by molar-refractivity contribution is 0.139. The molecule has 1 heterocycles. The molecule has 7 heteroatoms. The van der Waals surface area contributed by atoms with Crippen molar-refractivity contribution in [2.75, 3.05) is 60.4 Å². The Labute approximate surface area is 184 Å². The summed E-state index contributed by atoms with van der Waals surface area (Å²) in [6, 6.07) is 8.34. The van der Waals surface area contributed by atoms with E-state index in [1.807, 2.05) is 13.1 Å². The first-order chi connectivity index (χ1) is 12.0. The van der Waals surface area contributed by atoms with E-state index in [0.29, 0.717) is 5.92 Å². The molecule has 0 amide bonds. The van der Waals surface area contributed by atoms with Gasteiger partial charge in [-0.3, -0.25) is 4.99 Å². The van der Waals surface area contributed by atoms with Gasteiger partial charge in [0.1, 0.15) is 0 Å². The molecule has 1 aromatic carbocycles. The summed E-state index contributed by atoms with van der Waals surface area (Å²) in [6.45, 7) is 9.94. The van der Waals surface area contributed by atoms with Gasteiger partial charge in [-0.05, 0) is 24.6 Å². The van der Waals surface area contributed by atoms with Crippen LogP contribution in [-0.4, -0.2) is 81.1 Å². The number of hydrogen-bond donors (Lipinski definition) is 1. The minimum atomic E-state index is 0. The van der Waals surface area contributed by atoms with E-state index in [9.17, 15) is 0 Å². The lowest BCUT2D eigenvalue weighted by atomic mass is 10.1. The second-order valence-corrected chi connectivity index (χ2v) is 7.94. The van der Waals surface area contributed by atoms with Crippen LogP contribution in [0.1, 0.15) is 12.5 Å². The number of nitrogens with zero attached hydrogens (tertiary/aromatic N) is 4. The Kier molecular flexibility index (Phi) is 11.1. The molecule has 26 heavy (non-hydrogen) atoms. The smallest absolute Gasteiger partial charge is 0.193 e. The highest BCUT2D eigenvalue weighted by atomic mass is 127. The molecule has 0 saturated carbocycles. The first-order valence-corrected chi connectivity index (χ1v) is 9.85. The van der Waals surface area contributed by atoms with Crippen LogP contribution in [0, 0.1) is 5.92 Å². The molecule has 1 aromatic rings. The number of halogens is 2. The number of benzene rings is 1. The van der Waals surface area contributed by atoms with Gasteiger partial charge in [0.05, 0.1) is 0 Å². The van der Waals surface area contributed by atoms with Gasteiger partial charge in [-0.25, -0.2) is 0 Å². The zero-order valence-corrected chi connectivity index (χ0v) is 20.3. The Balaban J connectivity index is 0.00000338. The monoisotopic (exact) mass is 537 g/mol. The van der Waals surface area contributed by atoms with Crippen LogP contribution >= 0.6 is 39.9 Å². The molecule has 0 aliphatic carbocycles. The molecule has 1 aliphatic heterocycles. The Hall–Kier alpha value is -0.380. The van der Waals surface area contributed by atoms with E-state index >= 15 is 0 Å². The number of aliphatic imine (C=N–C) groups is 1. The summed E-state index contributed by atoms with van der Waals surface area (Å²) in [5.74, 6) is 1.54. The number of likely N-dealkylation sites (N-methyl/N-ethyl adjacent to an activating group) is 1. The molecule has 0 bridgehead atoms. The first-order valence-electron chi connectivity index (χ1n) is 9.05.